The van der Waals surface area contributed by atoms with E-state index in [0.29, 0.717) is 6.61 Å². The van der Waals surface area contributed by atoms with Gasteiger partial charge in [-0.15, -0.1) is 11.8 Å². The highest BCUT2D eigenvalue weighted by atomic mass is 32.2. The zero-order valence-corrected chi connectivity index (χ0v) is 19.0. The van der Waals surface area contributed by atoms with Gasteiger partial charge in [-0.05, 0) is 50.3 Å². The molecule has 2 rings (SSSR count). The number of quaternary nitrogens is 1. The molecule has 2 aromatic rings. The van der Waals surface area contributed by atoms with Crippen molar-refractivity contribution >= 4 is 29.2 Å². The van der Waals surface area contributed by atoms with E-state index in [4.69, 9.17) is 4.74 Å². The van der Waals surface area contributed by atoms with Crippen LogP contribution in [0.25, 0.3) is 6.08 Å². The Bertz CT molecular complexity index is 803. The van der Waals surface area contributed by atoms with Crippen molar-refractivity contribution in [3.05, 3.63) is 53.6 Å². The number of allylic oxidation sites excluding steroid dienone is 1. The number of thioether (sulfide) groups is 1. The Labute approximate surface area is 175 Å². The van der Waals surface area contributed by atoms with Gasteiger partial charge >= 0.3 is 0 Å². The van der Waals surface area contributed by atoms with E-state index >= 15 is 0 Å². The molecule has 0 aliphatic carbocycles. The number of nitrogens with two attached hydrogens (primary N) is 1. The van der Waals surface area contributed by atoms with Crippen LogP contribution in [0.15, 0.2) is 47.4 Å². The van der Waals surface area contributed by atoms with Crippen LogP contribution in [0.1, 0.15) is 44.7 Å². The Balaban J connectivity index is 2.30. The van der Waals surface area contributed by atoms with Crippen LogP contribution >= 0.6 is 11.8 Å². The van der Waals surface area contributed by atoms with E-state index in [9.17, 15) is 0 Å². The van der Waals surface area contributed by atoms with Gasteiger partial charge in [0.15, 0.2) is 0 Å². The molecule has 2 aromatic carbocycles. The molecule has 0 saturated heterocycles. The number of anilines is 1. The van der Waals surface area contributed by atoms with E-state index in [2.05, 4.69) is 86.3 Å². The van der Waals surface area contributed by atoms with Crippen LogP contribution in [0.2, 0.25) is 0 Å². The Morgan fingerprint density at radius 3 is 2.57 bits per heavy atom. The fourth-order valence-corrected chi connectivity index (χ4v) is 3.88. The van der Waals surface area contributed by atoms with Crippen LogP contribution in [-0.2, 0) is 5.41 Å². The van der Waals surface area contributed by atoms with Crippen molar-refractivity contribution in [1.29, 1.82) is 0 Å². The van der Waals surface area contributed by atoms with E-state index in [0.717, 1.165) is 29.8 Å². The molecule has 0 saturated carbocycles. The van der Waals surface area contributed by atoms with E-state index in [-0.39, 0.29) is 5.41 Å². The van der Waals surface area contributed by atoms with Gasteiger partial charge in [-0.25, -0.2) is 0 Å². The highest BCUT2D eigenvalue weighted by Gasteiger charge is 2.28. The summed E-state index contributed by atoms with van der Waals surface area (Å²) in [4.78, 5) is 1.32. The van der Waals surface area contributed by atoms with Crippen LogP contribution in [-0.4, -0.2) is 27.0 Å². The van der Waals surface area contributed by atoms with Gasteiger partial charge in [-0.3, -0.25) is 0 Å². The molecule has 4 heteroatoms. The molecule has 0 spiro atoms. The van der Waals surface area contributed by atoms with Crippen molar-refractivity contribution in [2.75, 3.05) is 32.3 Å². The molecule has 0 aliphatic heterocycles. The van der Waals surface area contributed by atoms with Gasteiger partial charge in [0.05, 0.1) is 13.7 Å². The molecule has 1 unspecified atom stereocenters. The number of nitrogens with one attached hydrogen (secondary N) is 1. The van der Waals surface area contributed by atoms with Crippen molar-refractivity contribution in [3.8, 4) is 5.75 Å². The number of hydrogen-bond donors (Lipinski definition) is 2. The lowest BCUT2D eigenvalue weighted by molar-refractivity contribution is -0.540. The summed E-state index contributed by atoms with van der Waals surface area (Å²) in [5.74, 6) is 0.927. The lowest BCUT2D eigenvalue weighted by Gasteiger charge is -2.29. The SMILES string of the molecule is CCOc1cc(NC)ccc1/C=C/CC(C)(CC)c1cc(SC)ccc1[NH2+]C. The van der Waals surface area contributed by atoms with Crippen LogP contribution in [0, 0.1) is 0 Å². The molecule has 0 heterocycles. The van der Waals surface area contributed by atoms with Gasteiger partial charge in [0.1, 0.15) is 11.4 Å². The molecule has 0 bridgehead atoms. The quantitative estimate of drug-likeness (QED) is 0.412. The van der Waals surface area contributed by atoms with Gasteiger partial charge in [0.25, 0.3) is 0 Å². The standard InChI is InChI=1S/C24H34N2OS/c1-7-24(3,21-17-20(28-6)13-14-22(21)26-5)15-9-10-18-11-12-19(25-4)16-23(18)27-8-2/h9-14,16-17,25-26H,7-8,15H2,1-6H3/p+1/b10-9+. The zero-order valence-electron chi connectivity index (χ0n) is 18.1. The summed E-state index contributed by atoms with van der Waals surface area (Å²) in [6, 6.07) is 13.1. The molecule has 3 nitrogen and oxygen atoms in total. The smallest absolute Gasteiger partial charge is 0.133 e. The molecule has 0 amide bonds. The molecule has 28 heavy (non-hydrogen) atoms. The fraction of sp³-hybridized carbons (Fsp3) is 0.417. The predicted octanol–water partition coefficient (Wildman–Crippen LogP) is 5.44. The number of ether oxygens (including phenoxy) is 1. The largest absolute Gasteiger partial charge is 0.493 e. The molecule has 152 valence electrons. The third-order valence-corrected chi connectivity index (χ3v) is 6.20. The van der Waals surface area contributed by atoms with Crippen molar-refractivity contribution < 1.29 is 10.1 Å². The monoisotopic (exact) mass is 399 g/mol. The van der Waals surface area contributed by atoms with Gasteiger partial charge in [-0.2, -0.15) is 0 Å². The summed E-state index contributed by atoms with van der Waals surface area (Å²) in [6.07, 6.45) is 8.72. The second-order valence-electron chi connectivity index (χ2n) is 7.20. The first-order chi connectivity index (χ1) is 13.5. The van der Waals surface area contributed by atoms with Crippen molar-refractivity contribution in [2.45, 2.75) is 43.9 Å². The average Bonchev–Trinajstić information content (AvgIpc) is 2.74. The summed E-state index contributed by atoms with van der Waals surface area (Å²) in [5.41, 5.74) is 5.06. The van der Waals surface area contributed by atoms with Crippen LogP contribution < -0.4 is 15.4 Å². The van der Waals surface area contributed by atoms with Crippen LogP contribution in [0.4, 0.5) is 11.4 Å². The maximum Gasteiger partial charge on any atom is 0.133 e. The van der Waals surface area contributed by atoms with Crippen LogP contribution in [0.3, 0.4) is 0 Å². The molecular weight excluding hydrogens is 364 g/mol. The maximum absolute atomic E-state index is 5.84. The molecule has 0 fully saturated rings. The second-order valence-corrected chi connectivity index (χ2v) is 8.08. The van der Waals surface area contributed by atoms with E-state index in [1.807, 2.05) is 14.0 Å². The third kappa shape index (κ3) is 5.33. The predicted molar refractivity (Wildman–Crippen MR) is 124 cm³/mol. The molecule has 1 atom stereocenters. The summed E-state index contributed by atoms with van der Waals surface area (Å²) in [5, 5.41) is 5.40. The highest BCUT2D eigenvalue weighted by molar-refractivity contribution is 7.98. The Morgan fingerprint density at radius 2 is 1.96 bits per heavy atom. The van der Waals surface area contributed by atoms with E-state index in [1.165, 1.54) is 16.1 Å². The summed E-state index contributed by atoms with van der Waals surface area (Å²) < 4.78 is 5.84. The topological polar surface area (TPSA) is 37.9 Å². The number of benzene rings is 2. The highest BCUT2D eigenvalue weighted by Crippen LogP contribution is 2.37. The first kappa shape index (κ1) is 22.4. The minimum Gasteiger partial charge on any atom is -0.493 e. The number of hydrogen-bond acceptors (Lipinski definition) is 3. The van der Waals surface area contributed by atoms with Gasteiger partial charge < -0.3 is 15.4 Å². The summed E-state index contributed by atoms with van der Waals surface area (Å²) >= 11 is 1.81. The number of rotatable bonds is 10. The Morgan fingerprint density at radius 1 is 1.18 bits per heavy atom. The van der Waals surface area contributed by atoms with Gasteiger partial charge in [0, 0.05) is 46.3 Å². The first-order valence-electron chi connectivity index (χ1n) is 10.1. The van der Waals surface area contributed by atoms with Crippen molar-refractivity contribution in [1.82, 2.24) is 0 Å². The summed E-state index contributed by atoms with van der Waals surface area (Å²) in [7, 11) is 4.06. The lowest BCUT2D eigenvalue weighted by atomic mass is 9.76. The fourth-order valence-electron chi connectivity index (χ4n) is 3.44. The Hall–Kier alpha value is -1.91. The van der Waals surface area contributed by atoms with E-state index in [1.54, 1.807) is 11.8 Å². The van der Waals surface area contributed by atoms with E-state index < -0.39 is 0 Å². The minimum atomic E-state index is 0.0980. The molecule has 0 aliphatic rings. The van der Waals surface area contributed by atoms with Gasteiger partial charge in [-0.1, -0.05) is 26.0 Å². The maximum atomic E-state index is 5.84. The molecule has 3 N–H and O–H groups in total. The molecular formula is C24H35N2OS+. The first-order valence-corrected chi connectivity index (χ1v) is 11.3. The average molecular weight is 400 g/mol. The van der Waals surface area contributed by atoms with Crippen molar-refractivity contribution in [2.24, 2.45) is 0 Å². The Kier molecular flexibility index (Phi) is 8.46. The third-order valence-electron chi connectivity index (χ3n) is 5.47. The molecule has 0 radical (unpaired) electrons. The zero-order chi connectivity index (χ0) is 20.6. The lowest BCUT2D eigenvalue weighted by Crippen LogP contribution is -2.73. The van der Waals surface area contributed by atoms with Crippen LogP contribution in [0.5, 0.6) is 5.75 Å². The second kappa shape index (κ2) is 10.6. The minimum absolute atomic E-state index is 0.0980. The van der Waals surface area contributed by atoms with Crippen molar-refractivity contribution in [3.63, 3.8) is 0 Å². The summed E-state index contributed by atoms with van der Waals surface area (Å²) in [6.45, 7) is 7.34. The van der Waals surface area contributed by atoms with Gasteiger partial charge in [0.2, 0.25) is 0 Å². The molecule has 0 aromatic heterocycles. The normalized spacial score (nSPS) is 13.5.